The molecule has 8 rings (SSSR count). The molecule has 0 amide bonds. The van der Waals surface area contributed by atoms with Gasteiger partial charge < -0.3 is 9.80 Å². The number of unbranched alkanes of at least 4 members (excludes halogenated alkanes) is 5. The van der Waals surface area contributed by atoms with Crippen molar-refractivity contribution in [3.8, 4) is 0 Å². The van der Waals surface area contributed by atoms with Crippen molar-refractivity contribution >= 4 is 32.9 Å². The van der Waals surface area contributed by atoms with Gasteiger partial charge in [-0.3, -0.25) is 0 Å². The summed E-state index contributed by atoms with van der Waals surface area (Å²) in [6, 6.07) is 36.6. The van der Waals surface area contributed by atoms with Crippen molar-refractivity contribution in [2.45, 2.75) is 136 Å². The number of aryl methyl sites for hydroxylation is 1. The molecule has 5 aromatic rings. The topological polar surface area (TPSA) is 6.48 Å². The largest absolute Gasteiger partial charge is 0.344 e. The maximum absolute atomic E-state index is 2.65. The maximum atomic E-state index is 2.65. The molecule has 0 spiro atoms. The number of fused-ring (bicyclic) bond motifs is 6. The van der Waals surface area contributed by atoms with Crippen LogP contribution in [-0.2, 0) is 10.8 Å². The first kappa shape index (κ1) is 42.6. The molecule has 1 atom stereocenters. The Balaban J connectivity index is 1.21. The second kappa shape index (κ2) is 18.1. The molecule has 0 radical (unpaired) electrons. The molecule has 1 unspecified atom stereocenters. The monoisotopic (exact) mass is 807 g/mol. The lowest BCUT2D eigenvalue weighted by Crippen LogP contribution is -2.27. The second-order valence-corrected chi connectivity index (χ2v) is 19.3. The number of hydrogen-bond acceptors (Lipinski definition) is 2. The van der Waals surface area contributed by atoms with Gasteiger partial charge in [-0.1, -0.05) is 183 Å². The first-order valence-corrected chi connectivity index (χ1v) is 23.7. The highest BCUT2D eigenvalue weighted by Crippen LogP contribution is 2.52. The van der Waals surface area contributed by atoms with E-state index in [0.717, 1.165) is 25.8 Å². The first-order valence-electron chi connectivity index (χ1n) is 23.7. The average Bonchev–Trinajstić information content (AvgIpc) is 3.73. The van der Waals surface area contributed by atoms with Crippen LogP contribution in [0.25, 0.3) is 21.5 Å². The van der Waals surface area contributed by atoms with Crippen LogP contribution in [0.2, 0.25) is 0 Å². The van der Waals surface area contributed by atoms with Gasteiger partial charge in [0.2, 0.25) is 0 Å². The number of likely N-dealkylation sites (N-methyl/N-ethyl adjacent to an activating group) is 1. The predicted octanol–water partition coefficient (Wildman–Crippen LogP) is 16.5. The van der Waals surface area contributed by atoms with E-state index >= 15 is 0 Å². The van der Waals surface area contributed by atoms with Crippen LogP contribution in [0.15, 0.2) is 156 Å². The summed E-state index contributed by atoms with van der Waals surface area (Å²) in [5, 5.41) is 5.46. The molecular weight excluding hydrogens is 737 g/mol. The Kier molecular flexibility index (Phi) is 12.6. The van der Waals surface area contributed by atoms with E-state index in [1.165, 1.54) is 129 Å². The molecule has 2 heteroatoms. The van der Waals surface area contributed by atoms with Gasteiger partial charge in [0.15, 0.2) is 0 Å². The molecule has 0 N–H and O–H groups in total. The lowest BCUT2D eigenvalue weighted by Gasteiger charge is -2.31. The standard InChI is InChI=1S/C59H70N2/c1-9-11-13-14-22-43-30-35-48(58(4,5)55-50-26-17-15-23-44(50)32-37-52(43)55)36-31-46-28-29-47(57(46)60(8)49-25-20-21-42(3)41-49)34-39-54-59(6,7)56-51-27-18-16-24-45(51)33-38-53(56)61(54)40-19-12-10-2/h15-18,20-21,23-27,31-39,41,43H,9-14,19,22,28-30,40H2,1-8H3. The summed E-state index contributed by atoms with van der Waals surface area (Å²) in [7, 11) is 2.28. The Morgan fingerprint density at radius 2 is 1.39 bits per heavy atom. The minimum atomic E-state index is -0.135. The van der Waals surface area contributed by atoms with E-state index in [9.17, 15) is 0 Å². The summed E-state index contributed by atoms with van der Waals surface area (Å²) in [5.74, 6) is 0.545. The van der Waals surface area contributed by atoms with Gasteiger partial charge in [0.05, 0.1) is 0 Å². The fourth-order valence-electron chi connectivity index (χ4n) is 11.1. The number of allylic oxidation sites excluding steroid dienone is 9. The Morgan fingerprint density at radius 1 is 0.689 bits per heavy atom. The van der Waals surface area contributed by atoms with Crippen LogP contribution in [0.1, 0.15) is 140 Å². The van der Waals surface area contributed by atoms with Crippen molar-refractivity contribution in [1.82, 2.24) is 0 Å². The Bertz CT molecular complexity index is 2550. The number of hydrogen-bond donors (Lipinski definition) is 0. The van der Waals surface area contributed by atoms with Crippen LogP contribution in [-0.4, -0.2) is 13.6 Å². The summed E-state index contributed by atoms with van der Waals surface area (Å²) in [4.78, 5) is 5.12. The molecular formula is C59H70N2. The fraction of sp³-hybridized carbons (Fsp3) is 0.390. The third-order valence-electron chi connectivity index (χ3n) is 14.4. The molecule has 0 saturated carbocycles. The molecule has 61 heavy (non-hydrogen) atoms. The third kappa shape index (κ3) is 8.33. The third-order valence-corrected chi connectivity index (χ3v) is 14.4. The molecule has 1 heterocycles. The van der Waals surface area contributed by atoms with Crippen molar-refractivity contribution < 1.29 is 0 Å². The molecule has 2 aliphatic carbocycles. The Labute approximate surface area is 368 Å². The second-order valence-electron chi connectivity index (χ2n) is 19.3. The smallest absolute Gasteiger partial charge is 0.0473 e. The zero-order chi connectivity index (χ0) is 42.7. The quantitative estimate of drug-likeness (QED) is 0.103. The molecule has 0 fully saturated rings. The van der Waals surface area contributed by atoms with E-state index in [0.29, 0.717) is 5.92 Å². The summed E-state index contributed by atoms with van der Waals surface area (Å²) >= 11 is 0. The van der Waals surface area contributed by atoms with Gasteiger partial charge in [0, 0.05) is 47.2 Å². The fourth-order valence-corrected chi connectivity index (χ4v) is 11.1. The molecule has 0 saturated heterocycles. The molecule has 0 bridgehead atoms. The van der Waals surface area contributed by atoms with Crippen molar-refractivity contribution in [3.05, 3.63) is 178 Å². The minimum absolute atomic E-state index is 0.126. The molecule has 2 nitrogen and oxygen atoms in total. The van der Waals surface area contributed by atoms with Crippen molar-refractivity contribution in [1.29, 1.82) is 0 Å². The molecule has 316 valence electrons. The van der Waals surface area contributed by atoms with E-state index in [1.807, 2.05) is 0 Å². The summed E-state index contributed by atoms with van der Waals surface area (Å²) < 4.78 is 0. The van der Waals surface area contributed by atoms with Gasteiger partial charge in [0.1, 0.15) is 0 Å². The van der Waals surface area contributed by atoms with Gasteiger partial charge >= 0.3 is 0 Å². The summed E-state index contributed by atoms with van der Waals surface area (Å²) in [5.41, 5.74) is 15.2. The van der Waals surface area contributed by atoms with Gasteiger partial charge in [-0.2, -0.15) is 0 Å². The zero-order valence-electron chi connectivity index (χ0n) is 38.6. The predicted molar refractivity (Wildman–Crippen MR) is 266 cm³/mol. The Hall–Kier alpha value is -5.08. The van der Waals surface area contributed by atoms with E-state index in [4.69, 9.17) is 0 Å². The van der Waals surface area contributed by atoms with E-state index in [1.54, 1.807) is 5.56 Å². The highest BCUT2D eigenvalue weighted by Gasteiger charge is 2.41. The van der Waals surface area contributed by atoms with E-state index in [-0.39, 0.29) is 10.8 Å². The Morgan fingerprint density at radius 3 is 2.13 bits per heavy atom. The van der Waals surface area contributed by atoms with E-state index in [2.05, 4.69) is 193 Å². The van der Waals surface area contributed by atoms with Crippen LogP contribution < -0.4 is 9.80 Å². The zero-order valence-corrected chi connectivity index (χ0v) is 38.6. The van der Waals surface area contributed by atoms with Crippen LogP contribution in [0, 0.1) is 6.92 Å². The van der Waals surface area contributed by atoms with Crippen LogP contribution >= 0.6 is 0 Å². The average molecular weight is 807 g/mol. The minimum Gasteiger partial charge on any atom is -0.344 e. The van der Waals surface area contributed by atoms with Crippen LogP contribution in [0.5, 0.6) is 0 Å². The maximum Gasteiger partial charge on any atom is 0.0473 e. The van der Waals surface area contributed by atoms with Crippen molar-refractivity contribution in [2.75, 3.05) is 23.4 Å². The van der Waals surface area contributed by atoms with Gasteiger partial charge in [-0.25, -0.2) is 0 Å². The molecule has 3 aliphatic rings. The van der Waals surface area contributed by atoms with Gasteiger partial charge in [-0.15, -0.1) is 0 Å². The highest BCUT2D eigenvalue weighted by atomic mass is 15.2. The normalized spacial score (nSPS) is 19.6. The van der Waals surface area contributed by atoms with Crippen molar-refractivity contribution in [2.24, 2.45) is 0 Å². The summed E-state index contributed by atoms with van der Waals surface area (Å²) in [6.45, 7) is 17.7. The highest BCUT2D eigenvalue weighted by molar-refractivity contribution is 5.95. The number of anilines is 2. The molecule has 1 aliphatic heterocycles. The molecule has 0 aromatic heterocycles. The lowest BCUT2D eigenvalue weighted by molar-refractivity contribution is 0.553. The van der Waals surface area contributed by atoms with Gasteiger partial charge in [-0.05, 0) is 130 Å². The number of rotatable bonds is 14. The number of benzene rings is 5. The van der Waals surface area contributed by atoms with Crippen LogP contribution in [0.4, 0.5) is 11.4 Å². The summed E-state index contributed by atoms with van der Waals surface area (Å²) in [6.07, 6.45) is 25.9. The van der Waals surface area contributed by atoms with Gasteiger partial charge in [0.25, 0.3) is 0 Å². The van der Waals surface area contributed by atoms with E-state index < -0.39 is 0 Å². The SMILES string of the molecule is CCCCCCC1CC=C(C=CC2=C(N(C)c3cccc(C)c3)C(=CC=C3N(CCCCC)c4ccc5ccccc5c4C3(C)C)CC2)C(C)(C)c2c1ccc1ccccc21. The number of nitrogens with zero attached hydrogens (tertiary/aromatic N) is 2. The lowest BCUT2D eigenvalue weighted by atomic mass is 9.73. The first-order chi connectivity index (χ1) is 29.5. The van der Waals surface area contributed by atoms with Crippen molar-refractivity contribution in [3.63, 3.8) is 0 Å². The molecule has 5 aromatic carbocycles. The van der Waals surface area contributed by atoms with Crippen LogP contribution in [0.3, 0.4) is 0 Å².